The highest BCUT2D eigenvalue weighted by Gasteiger charge is 2.43. The zero-order chi connectivity index (χ0) is 12.1. The van der Waals surface area contributed by atoms with E-state index >= 15 is 0 Å². The van der Waals surface area contributed by atoms with Gasteiger partial charge in [0.15, 0.2) is 6.10 Å². The largest absolute Gasteiger partial charge is 0.455 e. The van der Waals surface area contributed by atoms with Crippen LogP contribution in [0, 0.1) is 0 Å². The minimum atomic E-state index is -0.173. The van der Waals surface area contributed by atoms with E-state index in [-0.39, 0.29) is 24.3 Å². The van der Waals surface area contributed by atoms with Gasteiger partial charge in [0, 0.05) is 6.42 Å². The first-order valence-electron chi connectivity index (χ1n) is 6.26. The van der Waals surface area contributed by atoms with Crippen LogP contribution in [0.3, 0.4) is 0 Å². The first kappa shape index (κ1) is 13.2. The van der Waals surface area contributed by atoms with Gasteiger partial charge in [0.1, 0.15) is 0 Å². The average Bonchev–Trinajstić information content (AvgIpc) is 2.60. The molecule has 0 aromatic heterocycles. The molecule has 2 aliphatic heterocycles. The maximum absolute atomic E-state index is 11.1. The summed E-state index contributed by atoms with van der Waals surface area (Å²) in [5, 5.41) is 0. The van der Waals surface area contributed by atoms with E-state index in [1.165, 1.54) is 0 Å². The van der Waals surface area contributed by atoms with E-state index in [9.17, 15) is 4.79 Å². The molecule has 92 valence electrons. The summed E-state index contributed by atoms with van der Waals surface area (Å²) in [5.74, 6) is -0.117. The van der Waals surface area contributed by atoms with Crippen LogP contribution in [0.5, 0.6) is 0 Å². The van der Waals surface area contributed by atoms with E-state index in [1.54, 1.807) is 0 Å². The number of ether oxygens (including phenoxy) is 2. The maximum Gasteiger partial charge on any atom is 0.306 e. The first-order chi connectivity index (χ1) is 7.72. The van der Waals surface area contributed by atoms with E-state index in [0.717, 1.165) is 24.8 Å². The fraction of sp³-hybridized carbons (Fsp3) is 0.769. The van der Waals surface area contributed by atoms with Crippen molar-refractivity contribution in [2.45, 2.75) is 64.8 Å². The molecule has 0 amide bonds. The van der Waals surface area contributed by atoms with Crippen LogP contribution >= 0.6 is 0 Å². The third kappa shape index (κ3) is 2.64. The fourth-order valence-electron chi connectivity index (χ4n) is 2.14. The Hall–Kier alpha value is -0.830. The molecule has 0 saturated carbocycles. The van der Waals surface area contributed by atoms with Crippen LogP contribution in [-0.4, -0.2) is 24.3 Å². The lowest BCUT2D eigenvalue weighted by Crippen LogP contribution is -2.33. The van der Waals surface area contributed by atoms with Crippen molar-refractivity contribution < 1.29 is 14.3 Å². The molecule has 3 nitrogen and oxygen atoms in total. The summed E-state index contributed by atoms with van der Waals surface area (Å²) in [5.41, 5.74) is 0.949. The topological polar surface area (TPSA) is 35.5 Å². The molecular weight excluding hydrogens is 204 g/mol. The van der Waals surface area contributed by atoms with Gasteiger partial charge < -0.3 is 9.47 Å². The SMILES string of the molecule is C=C1C(CCC)O[C@H]2CCC(=O)O[C@@H]12.CC. The molecule has 3 heteroatoms. The molecule has 1 unspecified atom stereocenters. The number of hydrogen-bond donors (Lipinski definition) is 0. The minimum absolute atomic E-state index is 0.0664. The molecule has 2 heterocycles. The summed E-state index contributed by atoms with van der Waals surface area (Å²) in [6.45, 7) is 10.1. The van der Waals surface area contributed by atoms with Gasteiger partial charge in [-0.3, -0.25) is 4.79 Å². The van der Waals surface area contributed by atoms with Crippen molar-refractivity contribution >= 4 is 5.97 Å². The lowest BCUT2D eigenvalue weighted by Gasteiger charge is -2.23. The minimum Gasteiger partial charge on any atom is -0.455 e. The van der Waals surface area contributed by atoms with E-state index in [1.807, 2.05) is 13.8 Å². The number of esters is 1. The molecule has 2 rings (SSSR count). The van der Waals surface area contributed by atoms with Gasteiger partial charge in [-0.2, -0.15) is 0 Å². The standard InChI is InChI=1S/C11H16O3.C2H6/c1-3-4-8-7(2)11-9(13-8)5-6-10(12)14-11;1-2/h8-9,11H,2-6H2,1H3;1-2H3/t8?,9-,11-;/m0./s1. The molecule has 3 atom stereocenters. The Kier molecular flexibility index (Phi) is 5.00. The van der Waals surface area contributed by atoms with Crippen LogP contribution < -0.4 is 0 Å². The fourth-order valence-corrected chi connectivity index (χ4v) is 2.14. The molecule has 0 spiro atoms. The van der Waals surface area contributed by atoms with Gasteiger partial charge in [0.2, 0.25) is 0 Å². The number of fused-ring (bicyclic) bond motifs is 1. The molecule has 0 bridgehead atoms. The van der Waals surface area contributed by atoms with Crippen LogP contribution in [0.1, 0.15) is 46.5 Å². The molecule has 2 aliphatic rings. The summed E-state index contributed by atoms with van der Waals surface area (Å²) in [4.78, 5) is 11.1. The van der Waals surface area contributed by atoms with Crippen molar-refractivity contribution in [2.75, 3.05) is 0 Å². The third-order valence-corrected chi connectivity index (χ3v) is 2.90. The molecule has 2 saturated heterocycles. The molecule has 0 N–H and O–H groups in total. The summed E-state index contributed by atoms with van der Waals surface area (Å²) in [6.07, 6.45) is 3.29. The van der Waals surface area contributed by atoms with Crippen LogP contribution in [0.15, 0.2) is 12.2 Å². The van der Waals surface area contributed by atoms with Gasteiger partial charge in [0.05, 0.1) is 12.2 Å². The third-order valence-electron chi connectivity index (χ3n) is 2.90. The Bertz CT molecular complexity index is 260. The van der Waals surface area contributed by atoms with Crippen molar-refractivity contribution in [1.29, 1.82) is 0 Å². The summed E-state index contributed by atoms with van der Waals surface area (Å²) in [6, 6.07) is 0. The number of rotatable bonds is 2. The Morgan fingerprint density at radius 3 is 2.75 bits per heavy atom. The molecule has 0 aromatic rings. The van der Waals surface area contributed by atoms with Crippen LogP contribution in [0.25, 0.3) is 0 Å². The molecule has 0 aromatic carbocycles. The molecular formula is C13H22O3. The summed E-state index contributed by atoms with van der Waals surface area (Å²) in [7, 11) is 0. The highest BCUT2D eigenvalue weighted by atomic mass is 16.6. The molecule has 0 radical (unpaired) electrons. The second-order valence-electron chi connectivity index (χ2n) is 3.98. The normalized spacial score (nSPS) is 32.6. The van der Waals surface area contributed by atoms with Crippen LogP contribution in [-0.2, 0) is 14.3 Å². The molecule has 16 heavy (non-hydrogen) atoms. The zero-order valence-corrected chi connectivity index (χ0v) is 10.5. The summed E-state index contributed by atoms with van der Waals surface area (Å²) >= 11 is 0. The monoisotopic (exact) mass is 226 g/mol. The van der Waals surface area contributed by atoms with E-state index in [0.29, 0.717) is 6.42 Å². The Morgan fingerprint density at radius 1 is 1.44 bits per heavy atom. The predicted octanol–water partition coefficient (Wildman–Crippen LogP) is 2.84. The van der Waals surface area contributed by atoms with Gasteiger partial charge in [-0.05, 0) is 18.4 Å². The van der Waals surface area contributed by atoms with Crippen molar-refractivity contribution in [2.24, 2.45) is 0 Å². The average molecular weight is 226 g/mol. The second kappa shape index (κ2) is 6.04. The zero-order valence-electron chi connectivity index (χ0n) is 10.5. The van der Waals surface area contributed by atoms with Crippen LogP contribution in [0.4, 0.5) is 0 Å². The maximum atomic E-state index is 11.1. The van der Waals surface area contributed by atoms with Gasteiger partial charge in [-0.25, -0.2) is 0 Å². The Morgan fingerprint density at radius 2 is 2.12 bits per heavy atom. The highest BCUT2D eigenvalue weighted by Crippen LogP contribution is 2.35. The lowest BCUT2D eigenvalue weighted by atomic mass is 9.98. The van der Waals surface area contributed by atoms with Crippen molar-refractivity contribution in [3.05, 3.63) is 12.2 Å². The van der Waals surface area contributed by atoms with Crippen molar-refractivity contribution in [1.82, 2.24) is 0 Å². The van der Waals surface area contributed by atoms with Gasteiger partial charge in [0.25, 0.3) is 0 Å². The quantitative estimate of drug-likeness (QED) is 0.536. The highest BCUT2D eigenvalue weighted by molar-refractivity contribution is 5.71. The number of carbonyl (C=O) groups is 1. The van der Waals surface area contributed by atoms with Crippen molar-refractivity contribution in [3.63, 3.8) is 0 Å². The van der Waals surface area contributed by atoms with Gasteiger partial charge in [-0.15, -0.1) is 0 Å². The smallest absolute Gasteiger partial charge is 0.306 e. The predicted molar refractivity (Wildman–Crippen MR) is 63.2 cm³/mol. The lowest BCUT2D eigenvalue weighted by molar-refractivity contribution is -0.158. The Labute approximate surface area is 97.8 Å². The van der Waals surface area contributed by atoms with E-state index in [2.05, 4.69) is 13.5 Å². The van der Waals surface area contributed by atoms with Gasteiger partial charge >= 0.3 is 5.97 Å². The van der Waals surface area contributed by atoms with Crippen molar-refractivity contribution in [3.8, 4) is 0 Å². The number of carbonyl (C=O) groups excluding carboxylic acids is 1. The molecule has 2 fully saturated rings. The van der Waals surface area contributed by atoms with E-state index in [4.69, 9.17) is 9.47 Å². The van der Waals surface area contributed by atoms with Crippen LogP contribution in [0.2, 0.25) is 0 Å². The molecule has 0 aliphatic carbocycles. The summed E-state index contributed by atoms with van der Waals surface area (Å²) < 4.78 is 11.0. The number of hydrogen-bond acceptors (Lipinski definition) is 3. The second-order valence-corrected chi connectivity index (χ2v) is 3.98. The van der Waals surface area contributed by atoms with Gasteiger partial charge in [-0.1, -0.05) is 33.8 Å². The first-order valence-corrected chi connectivity index (χ1v) is 6.26. The van der Waals surface area contributed by atoms with E-state index < -0.39 is 0 Å². The Balaban J connectivity index is 0.000000606.